The Labute approximate surface area is 334 Å². The van der Waals surface area contributed by atoms with Crippen molar-refractivity contribution in [1.29, 1.82) is 0 Å². The molecule has 0 radical (unpaired) electrons. The smallest absolute Gasteiger partial charge is 0.305 e. The Bertz CT molecular complexity index is 1900. The molecule has 2 amide bonds. The molecule has 2 aliphatic heterocycles. The lowest BCUT2D eigenvalue weighted by Crippen LogP contribution is -2.60. The molecule has 6 atom stereocenters. The van der Waals surface area contributed by atoms with E-state index in [1.54, 1.807) is 32.6 Å². The Kier molecular flexibility index (Phi) is 12.7. The van der Waals surface area contributed by atoms with Gasteiger partial charge in [0.1, 0.15) is 17.8 Å². The first-order valence-electron chi connectivity index (χ1n) is 20.2. The number of hydrogen-bond donors (Lipinski definition) is 1. The summed E-state index contributed by atoms with van der Waals surface area (Å²) in [6.45, 7) is 20.4. The van der Waals surface area contributed by atoms with Gasteiger partial charge in [0.2, 0.25) is 5.91 Å². The van der Waals surface area contributed by atoms with Crippen molar-refractivity contribution < 1.29 is 46.0 Å². The minimum Gasteiger partial charge on any atom is -0.493 e. The minimum atomic E-state index is -1.74. The summed E-state index contributed by atoms with van der Waals surface area (Å²) < 4.78 is 44.2. The van der Waals surface area contributed by atoms with Crippen molar-refractivity contribution in [3.63, 3.8) is 0 Å². The highest BCUT2D eigenvalue weighted by Crippen LogP contribution is 2.53. The standard InChI is InChI=1S/C43H61ClN2O9/c1-14-37(50)54-28(8)38(23(2)3)42(9,10)46-32-17-25(5)31(44)21-30(32)43(11,39-27(7)24(4)18-33(52-12)40(39)53-13)55-34(41(46)51)22-35(47)45-16-15-29(19-26(45)6)20-36(48)49/h17-18,21,23,26,28-29,34,38H,14-16,19-20,22H2,1-13H3,(H,48,49)/t26?,28?,29?,34-,38?,43+/m1/s1/i17D,21D. The fraction of sp³-hybridized carbons (Fsp3) is 0.628. The fourth-order valence-electron chi connectivity index (χ4n) is 9.19. The Hall–Kier alpha value is -3.83. The van der Waals surface area contributed by atoms with Gasteiger partial charge in [-0.2, -0.15) is 0 Å². The molecular weight excluding hydrogens is 724 g/mol. The van der Waals surface area contributed by atoms with Crippen LogP contribution < -0.4 is 14.4 Å². The van der Waals surface area contributed by atoms with Crippen LogP contribution in [0.4, 0.5) is 5.69 Å². The predicted octanol–water partition coefficient (Wildman–Crippen LogP) is 8.16. The maximum Gasteiger partial charge on any atom is 0.305 e. The van der Waals surface area contributed by atoms with Crippen molar-refractivity contribution in [2.24, 2.45) is 17.8 Å². The third kappa shape index (κ3) is 8.63. The molecule has 2 heterocycles. The van der Waals surface area contributed by atoms with E-state index >= 15 is 4.79 Å². The Morgan fingerprint density at radius 2 is 1.76 bits per heavy atom. The number of ether oxygens (including phenoxy) is 4. The zero-order chi connectivity index (χ0) is 43.1. The summed E-state index contributed by atoms with van der Waals surface area (Å²) in [6.07, 6.45) is -1.40. The van der Waals surface area contributed by atoms with Crippen molar-refractivity contribution in [2.75, 3.05) is 25.7 Å². The Balaban J connectivity index is 2.10. The largest absolute Gasteiger partial charge is 0.493 e. The topological polar surface area (TPSA) is 132 Å². The number of carbonyl (C=O) groups excluding carboxylic acids is 3. The van der Waals surface area contributed by atoms with Crippen molar-refractivity contribution >= 4 is 41.0 Å². The second-order valence-electron chi connectivity index (χ2n) is 16.3. The highest BCUT2D eigenvalue weighted by molar-refractivity contribution is 6.31. The lowest BCUT2D eigenvalue weighted by atomic mass is 9.74. The molecule has 12 heteroatoms. The number of fused-ring (bicyclic) bond motifs is 1. The Morgan fingerprint density at radius 1 is 1.11 bits per heavy atom. The number of aryl methyl sites for hydroxylation is 1. The first-order chi connectivity index (χ1) is 26.5. The number of esters is 1. The van der Waals surface area contributed by atoms with Gasteiger partial charge in [-0.15, -0.1) is 0 Å². The normalized spacial score (nSPS) is 23.3. The van der Waals surface area contributed by atoms with Gasteiger partial charge in [0.25, 0.3) is 5.91 Å². The number of hydrogen-bond acceptors (Lipinski definition) is 8. The summed E-state index contributed by atoms with van der Waals surface area (Å²) in [4.78, 5) is 57.6. The number of likely N-dealkylation sites (tertiary alicyclic amines) is 1. The van der Waals surface area contributed by atoms with E-state index in [0.29, 0.717) is 36.3 Å². The third-order valence-corrected chi connectivity index (χ3v) is 12.1. The van der Waals surface area contributed by atoms with E-state index in [9.17, 15) is 22.2 Å². The van der Waals surface area contributed by atoms with Crippen LogP contribution in [0.1, 0.15) is 118 Å². The van der Waals surface area contributed by atoms with Crippen molar-refractivity contribution in [1.82, 2.24) is 4.90 Å². The minimum absolute atomic E-state index is 0.00764. The third-order valence-electron chi connectivity index (χ3n) is 11.7. The van der Waals surface area contributed by atoms with Crippen LogP contribution in [-0.2, 0) is 34.3 Å². The maximum absolute atomic E-state index is 15.7. The predicted molar refractivity (Wildman–Crippen MR) is 213 cm³/mol. The summed E-state index contributed by atoms with van der Waals surface area (Å²) >= 11 is 6.93. The number of benzene rings is 2. The van der Waals surface area contributed by atoms with Crippen LogP contribution in [0, 0.1) is 38.5 Å². The van der Waals surface area contributed by atoms with Crippen LogP contribution in [0.25, 0.3) is 0 Å². The Morgan fingerprint density at radius 3 is 2.31 bits per heavy atom. The molecule has 1 N–H and O–H groups in total. The molecule has 2 aromatic rings. The van der Waals surface area contributed by atoms with Crippen LogP contribution in [0.2, 0.25) is 5.02 Å². The van der Waals surface area contributed by atoms with Gasteiger partial charge in [-0.1, -0.05) is 32.4 Å². The van der Waals surface area contributed by atoms with Crippen LogP contribution in [0.3, 0.4) is 0 Å². The molecule has 4 unspecified atom stereocenters. The first-order valence-corrected chi connectivity index (χ1v) is 19.6. The van der Waals surface area contributed by atoms with E-state index in [2.05, 4.69) is 0 Å². The molecule has 0 saturated carbocycles. The second-order valence-corrected chi connectivity index (χ2v) is 16.6. The molecule has 11 nitrogen and oxygen atoms in total. The molecule has 2 aliphatic rings. The zero-order valence-electron chi connectivity index (χ0n) is 36.8. The second kappa shape index (κ2) is 17.1. The average Bonchev–Trinajstić information content (AvgIpc) is 3.21. The van der Waals surface area contributed by atoms with Crippen LogP contribution in [0.5, 0.6) is 11.5 Å². The van der Waals surface area contributed by atoms with Crippen molar-refractivity contribution in [3.05, 3.63) is 51.0 Å². The van der Waals surface area contributed by atoms with E-state index in [-0.39, 0.29) is 76.3 Å². The molecule has 304 valence electrons. The van der Waals surface area contributed by atoms with E-state index in [1.807, 2.05) is 54.5 Å². The van der Waals surface area contributed by atoms with E-state index in [1.165, 1.54) is 19.1 Å². The number of halogens is 1. The summed E-state index contributed by atoms with van der Waals surface area (Å²) in [5.41, 5.74) is -0.505. The van der Waals surface area contributed by atoms with Crippen molar-refractivity contribution in [2.45, 2.75) is 138 Å². The highest BCUT2D eigenvalue weighted by Gasteiger charge is 2.53. The van der Waals surface area contributed by atoms with Gasteiger partial charge < -0.3 is 33.9 Å². The molecule has 0 spiro atoms. The number of anilines is 1. The number of nitrogens with zero attached hydrogens (tertiary/aromatic N) is 2. The summed E-state index contributed by atoms with van der Waals surface area (Å²) in [5.74, 6) is -2.37. The van der Waals surface area contributed by atoms with Gasteiger partial charge in [-0.3, -0.25) is 19.2 Å². The van der Waals surface area contributed by atoms with Gasteiger partial charge in [-0.25, -0.2) is 0 Å². The fourth-order valence-corrected chi connectivity index (χ4v) is 9.33. The quantitative estimate of drug-likeness (QED) is 0.200. The van der Waals surface area contributed by atoms with Gasteiger partial charge in [0.15, 0.2) is 11.5 Å². The number of amides is 2. The van der Waals surface area contributed by atoms with Crippen LogP contribution in [-0.4, -0.2) is 78.3 Å². The number of carboxylic acid groups (broad SMARTS) is 1. The highest BCUT2D eigenvalue weighted by atomic mass is 35.5. The SMILES string of the molecule is [2H]c1c(C)c(Cl)c([2H])c2c1N(C(C)(C)C(C(C)C)C(C)OC(=O)CC)C(=O)[C@@H](CC(=O)N1CCC(CC(=O)O)CC1C)O[C@]2(C)c1c(C)c(C)cc(OC)c1OC. The zero-order valence-corrected chi connectivity index (χ0v) is 35.5. The molecular formula is C43H61ClN2O9. The van der Waals surface area contributed by atoms with E-state index < -0.39 is 53.5 Å². The molecule has 0 aromatic heterocycles. The van der Waals surface area contributed by atoms with E-state index in [0.717, 1.165) is 5.56 Å². The molecule has 0 aliphatic carbocycles. The van der Waals surface area contributed by atoms with Crippen LogP contribution in [0.15, 0.2) is 18.2 Å². The number of aliphatic carboxylic acids is 1. The lowest BCUT2D eigenvalue weighted by Gasteiger charge is -2.48. The van der Waals surface area contributed by atoms with Gasteiger partial charge >= 0.3 is 11.9 Å². The number of methoxy groups -OCH3 is 2. The monoisotopic (exact) mass is 786 g/mol. The number of rotatable bonds is 13. The maximum atomic E-state index is 15.7. The summed E-state index contributed by atoms with van der Waals surface area (Å²) in [5, 5.41) is 9.44. The van der Waals surface area contributed by atoms with Crippen molar-refractivity contribution in [3.8, 4) is 11.5 Å². The van der Waals surface area contributed by atoms with E-state index in [4.69, 9.17) is 30.5 Å². The number of carboxylic acids is 1. The molecule has 4 rings (SSSR count). The van der Waals surface area contributed by atoms with Crippen LogP contribution >= 0.6 is 11.6 Å². The van der Waals surface area contributed by atoms with Gasteiger partial charge in [0.05, 0.1) is 29.1 Å². The molecule has 2 aromatic carbocycles. The average molecular weight is 787 g/mol. The molecule has 1 saturated heterocycles. The summed E-state index contributed by atoms with van der Waals surface area (Å²) in [6, 6.07) is 1.27. The van der Waals surface area contributed by atoms with Gasteiger partial charge in [0, 0.05) is 53.0 Å². The molecule has 55 heavy (non-hydrogen) atoms. The van der Waals surface area contributed by atoms with Gasteiger partial charge in [-0.05, 0) is 115 Å². The summed E-state index contributed by atoms with van der Waals surface area (Å²) in [7, 11) is 2.99. The lowest BCUT2D eigenvalue weighted by molar-refractivity contribution is -0.155. The molecule has 1 fully saturated rings. The first kappa shape index (κ1) is 40.8. The molecule has 0 bridgehead atoms. The number of carbonyl (C=O) groups is 4. The number of piperidine rings is 1.